The van der Waals surface area contributed by atoms with Crippen molar-refractivity contribution >= 4 is 17.7 Å². The van der Waals surface area contributed by atoms with Crippen molar-refractivity contribution in [3.05, 3.63) is 31.3 Å². The molecule has 0 fully saturated rings. The first-order valence-electron chi connectivity index (χ1n) is 22.5. The maximum Gasteiger partial charge on any atom is 0.222 e. The van der Waals surface area contributed by atoms with E-state index in [1.807, 2.05) is 4.90 Å². The summed E-state index contributed by atoms with van der Waals surface area (Å²) in [6.45, 7) is 12.0. The molecule has 0 heterocycles. The number of amides is 3. The summed E-state index contributed by atoms with van der Waals surface area (Å²) in [4.78, 5) is 47.3. The third kappa shape index (κ3) is 52.7. The van der Waals surface area contributed by atoms with E-state index >= 15 is 0 Å². The van der Waals surface area contributed by atoms with E-state index in [4.69, 9.17) is 73.4 Å². The van der Waals surface area contributed by atoms with Crippen LogP contribution in [0.5, 0.6) is 0 Å². The molecule has 0 spiro atoms. The molecule has 3 amide bonds. The van der Waals surface area contributed by atoms with Crippen LogP contribution in [0, 0.1) is 0 Å². The zero-order valence-corrected chi connectivity index (χ0v) is 39.1. The number of carbonyl (C=O) groups excluding carboxylic acids is 3. The van der Waals surface area contributed by atoms with Gasteiger partial charge in [-0.15, -0.1) is 0 Å². The number of ether oxygens (including phenoxy) is 12. The summed E-state index contributed by atoms with van der Waals surface area (Å²) in [7, 11) is 0. The second kappa shape index (κ2) is 54.4. The van der Waals surface area contributed by atoms with Crippen LogP contribution in [-0.2, 0) is 71.2 Å². The first kappa shape index (κ1) is 62.8. The number of hydrogen-bond donors (Lipinski definition) is 3. The number of azide groups is 3. The van der Waals surface area contributed by atoms with E-state index in [9.17, 15) is 14.4 Å². The lowest BCUT2D eigenvalue weighted by molar-refractivity contribution is -0.123. The Balaban J connectivity index is 4.29. The highest BCUT2D eigenvalue weighted by atomic mass is 16.6. The second-order valence-electron chi connectivity index (χ2n) is 13.4. The third-order valence-electron chi connectivity index (χ3n) is 8.22. The van der Waals surface area contributed by atoms with E-state index < -0.39 is 0 Å². The van der Waals surface area contributed by atoms with Crippen LogP contribution in [0.2, 0.25) is 0 Å². The Kier molecular flexibility index (Phi) is 51.0. The predicted molar refractivity (Wildman–Crippen MR) is 241 cm³/mol. The van der Waals surface area contributed by atoms with E-state index in [-0.39, 0.29) is 76.4 Å². The van der Waals surface area contributed by atoms with Gasteiger partial charge in [0.15, 0.2) is 0 Å². The Bertz CT molecular complexity index is 1160. The maximum atomic E-state index is 12.4. The summed E-state index contributed by atoms with van der Waals surface area (Å²) in [6, 6.07) is 0. The zero-order chi connectivity index (χ0) is 48.6. The molecule has 386 valence electrons. The van der Waals surface area contributed by atoms with Gasteiger partial charge in [0.05, 0.1) is 159 Å². The molecule has 0 unspecified atom stereocenters. The third-order valence-corrected chi connectivity index (χ3v) is 8.22. The summed E-state index contributed by atoms with van der Waals surface area (Å²) in [6.07, 6.45) is 0.536. The molecule has 0 aromatic carbocycles. The Morgan fingerprint density at radius 3 is 0.731 bits per heavy atom. The molecular formula is C39H75N13O15. The van der Waals surface area contributed by atoms with Gasteiger partial charge in [0.1, 0.15) is 0 Å². The molecule has 0 radical (unpaired) electrons. The Morgan fingerprint density at radius 2 is 0.522 bits per heavy atom. The van der Waals surface area contributed by atoms with Crippen LogP contribution < -0.4 is 16.0 Å². The molecule has 67 heavy (non-hydrogen) atoms. The summed E-state index contributed by atoms with van der Waals surface area (Å²) in [5.74, 6) is -0.504. The van der Waals surface area contributed by atoms with Crippen LogP contribution in [-0.4, -0.2) is 240 Å². The molecule has 0 bridgehead atoms. The number of rotatable bonds is 54. The summed E-state index contributed by atoms with van der Waals surface area (Å²) >= 11 is 0. The van der Waals surface area contributed by atoms with Crippen molar-refractivity contribution in [2.45, 2.75) is 19.3 Å². The predicted octanol–water partition coefficient (Wildman–Crippen LogP) is 0.937. The molecule has 0 saturated carbocycles. The quantitative estimate of drug-likeness (QED) is 0.0330. The fraction of sp³-hybridized carbons (Fsp3) is 0.923. The van der Waals surface area contributed by atoms with Crippen molar-refractivity contribution < 1.29 is 71.2 Å². The molecule has 0 atom stereocenters. The first-order chi connectivity index (χ1) is 33.0. The van der Waals surface area contributed by atoms with Crippen LogP contribution in [0.3, 0.4) is 0 Å². The Hall–Kier alpha value is -4.18. The average molecular weight is 966 g/mol. The lowest BCUT2D eigenvalue weighted by Crippen LogP contribution is -2.43. The standard InChI is InChI=1S/C39H75N13O15/c40-49-46-7-16-59-22-28-65-34-31-62-25-19-56-13-1-37(53)43-4-10-52(11-5-44-38(54)2-14-57-20-26-63-32-35-66-29-23-60-17-8-47-50-41)12-6-45-39(55)3-15-58-21-27-64-33-36-67-30-24-61-18-9-48-51-42/h1-36H2,(H,43,53)(H,44,54)(H,45,55). The lowest BCUT2D eigenvalue weighted by Gasteiger charge is -2.23. The average Bonchev–Trinajstić information content (AvgIpc) is 3.32. The van der Waals surface area contributed by atoms with Gasteiger partial charge < -0.3 is 72.8 Å². The Labute approximate surface area is 392 Å². The minimum Gasteiger partial charge on any atom is -0.379 e. The van der Waals surface area contributed by atoms with Crippen LogP contribution in [0.25, 0.3) is 31.3 Å². The second-order valence-corrected chi connectivity index (χ2v) is 13.4. The van der Waals surface area contributed by atoms with Crippen molar-refractivity contribution in [3.8, 4) is 0 Å². The molecule has 0 rings (SSSR count). The van der Waals surface area contributed by atoms with Gasteiger partial charge in [0, 0.05) is 92.9 Å². The van der Waals surface area contributed by atoms with E-state index in [0.29, 0.717) is 178 Å². The molecule has 0 aromatic heterocycles. The van der Waals surface area contributed by atoms with Crippen LogP contribution >= 0.6 is 0 Å². The minimum absolute atomic E-state index is 0.168. The van der Waals surface area contributed by atoms with Crippen molar-refractivity contribution in [1.82, 2.24) is 20.9 Å². The highest BCUT2D eigenvalue weighted by Crippen LogP contribution is 1.93. The van der Waals surface area contributed by atoms with Gasteiger partial charge in [0.2, 0.25) is 17.7 Å². The monoisotopic (exact) mass is 966 g/mol. The first-order valence-corrected chi connectivity index (χ1v) is 22.5. The van der Waals surface area contributed by atoms with Gasteiger partial charge >= 0.3 is 0 Å². The van der Waals surface area contributed by atoms with Crippen molar-refractivity contribution in [3.63, 3.8) is 0 Å². The number of nitrogens with zero attached hydrogens (tertiary/aromatic N) is 10. The van der Waals surface area contributed by atoms with E-state index in [2.05, 4.69) is 46.0 Å². The fourth-order valence-electron chi connectivity index (χ4n) is 4.89. The molecular weight excluding hydrogens is 891 g/mol. The van der Waals surface area contributed by atoms with E-state index in [1.165, 1.54) is 0 Å². The summed E-state index contributed by atoms with van der Waals surface area (Å²) < 4.78 is 64.8. The lowest BCUT2D eigenvalue weighted by atomic mass is 10.3. The molecule has 0 aliphatic rings. The van der Waals surface area contributed by atoms with Gasteiger partial charge in [-0.2, -0.15) is 0 Å². The van der Waals surface area contributed by atoms with Crippen molar-refractivity contribution in [1.29, 1.82) is 0 Å². The molecule has 0 aliphatic carbocycles. The van der Waals surface area contributed by atoms with Crippen molar-refractivity contribution in [2.24, 2.45) is 15.3 Å². The smallest absolute Gasteiger partial charge is 0.222 e. The molecule has 28 heteroatoms. The number of hydrogen-bond acceptors (Lipinski definition) is 19. The highest BCUT2D eigenvalue weighted by Gasteiger charge is 2.10. The van der Waals surface area contributed by atoms with Gasteiger partial charge in [-0.25, -0.2) is 0 Å². The Morgan fingerprint density at radius 1 is 0.328 bits per heavy atom. The van der Waals surface area contributed by atoms with Gasteiger partial charge in [-0.3, -0.25) is 19.3 Å². The van der Waals surface area contributed by atoms with Gasteiger partial charge in [0.25, 0.3) is 0 Å². The molecule has 0 aromatic rings. The molecule has 3 N–H and O–H groups in total. The van der Waals surface area contributed by atoms with Gasteiger partial charge in [-0.05, 0) is 16.6 Å². The fourth-order valence-corrected chi connectivity index (χ4v) is 4.89. The van der Waals surface area contributed by atoms with Gasteiger partial charge in [-0.1, -0.05) is 15.3 Å². The van der Waals surface area contributed by atoms with Crippen LogP contribution in [0.15, 0.2) is 15.3 Å². The molecule has 0 aliphatic heterocycles. The van der Waals surface area contributed by atoms with E-state index in [0.717, 1.165) is 0 Å². The van der Waals surface area contributed by atoms with E-state index in [1.54, 1.807) is 0 Å². The van der Waals surface area contributed by atoms with Crippen LogP contribution in [0.4, 0.5) is 0 Å². The minimum atomic E-state index is -0.168. The largest absolute Gasteiger partial charge is 0.379 e. The summed E-state index contributed by atoms with van der Waals surface area (Å²) in [5.41, 5.74) is 24.6. The maximum absolute atomic E-state index is 12.4. The summed E-state index contributed by atoms with van der Waals surface area (Å²) in [5, 5.41) is 18.8. The number of carbonyl (C=O) groups is 3. The van der Waals surface area contributed by atoms with Crippen LogP contribution in [0.1, 0.15) is 19.3 Å². The SMILES string of the molecule is [N-]=[N+]=NCCOCCOCCOCCOCCC(=O)NCCN(CCNC(=O)CCOCCOCCOCCOCCN=[N+]=[N-])CCNC(=O)CCOCCOCCOCCOCCN=[N+]=[N-]. The highest BCUT2D eigenvalue weighted by molar-refractivity contribution is 5.76. The van der Waals surface area contributed by atoms with Crippen molar-refractivity contribution in [2.75, 3.05) is 217 Å². The topological polar surface area (TPSA) is 348 Å². The molecule has 28 nitrogen and oxygen atoms in total. The zero-order valence-electron chi connectivity index (χ0n) is 39.1. The number of nitrogens with one attached hydrogen (secondary N) is 3. The molecule has 0 saturated heterocycles. The normalized spacial score (nSPS) is 10.9.